The molecule has 0 amide bonds. The second-order valence-electron chi connectivity index (χ2n) is 4.24. The first-order chi connectivity index (χ1) is 7.36. The SMILES string of the molecule is O[C@@H]1CNC[C@H]1NCCN1CCOCC1. The summed E-state index contributed by atoms with van der Waals surface area (Å²) in [5, 5.41) is 16.1. The van der Waals surface area contributed by atoms with Crippen LogP contribution in [0, 0.1) is 0 Å². The van der Waals surface area contributed by atoms with E-state index in [9.17, 15) is 5.11 Å². The first kappa shape index (κ1) is 11.3. The first-order valence-corrected chi connectivity index (χ1v) is 5.78. The fraction of sp³-hybridized carbons (Fsp3) is 1.00. The number of aliphatic hydroxyl groups is 1. The van der Waals surface area contributed by atoms with E-state index in [1.54, 1.807) is 0 Å². The highest BCUT2D eigenvalue weighted by Crippen LogP contribution is 1.99. The van der Waals surface area contributed by atoms with Gasteiger partial charge in [-0.1, -0.05) is 0 Å². The van der Waals surface area contributed by atoms with Gasteiger partial charge in [-0.15, -0.1) is 0 Å². The van der Waals surface area contributed by atoms with Crippen molar-refractivity contribution in [3.05, 3.63) is 0 Å². The van der Waals surface area contributed by atoms with Gasteiger partial charge in [-0.2, -0.15) is 0 Å². The molecule has 3 N–H and O–H groups in total. The van der Waals surface area contributed by atoms with E-state index in [2.05, 4.69) is 15.5 Å². The zero-order valence-electron chi connectivity index (χ0n) is 9.11. The van der Waals surface area contributed by atoms with Crippen LogP contribution in [0.5, 0.6) is 0 Å². The third-order valence-electron chi connectivity index (χ3n) is 3.12. The Morgan fingerprint density at radius 2 is 2.13 bits per heavy atom. The smallest absolute Gasteiger partial charge is 0.0829 e. The number of aliphatic hydroxyl groups excluding tert-OH is 1. The van der Waals surface area contributed by atoms with Crippen molar-refractivity contribution in [2.75, 3.05) is 52.5 Å². The number of β-amino-alcohol motifs (C(OH)–C–C–N with tert-alkyl or cyclic N) is 1. The summed E-state index contributed by atoms with van der Waals surface area (Å²) in [5.74, 6) is 0. The summed E-state index contributed by atoms with van der Waals surface area (Å²) in [6.45, 7) is 7.37. The molecule has 0 aliphatic carbocycles. The molecule has 0 unspecified atom stereocenters. The van der Waals surface area contributed by atoms with Crippen LogP contribution < -0.4 is 10.6 Å². The van der Waals surface area contributed by atoms with Crippen molar-refractivity contribution in [3.8, 4) is 0 Å². The maximum atomic E-state index is 9.57. The second-order valence-corrected chi connectivity index (χ2v) is 4.24. The molecule has 15 heavy (non-hydrogen) atoms. The topological polar surface area (TPSA) is 56.8 Å². The molecule has 0 saturated carbocycles. The number of morpholine rings is 1. The van der Waals surface area contributed by atoms with Crippen molar-refractivity contribution >= 4 is 0 Å². The van der Waals surface area contributed by atoms with Crippen LogP contribution in [0.2, 0.25) is 0 Å². The third kappa shape index (κ3) is 3.39. The van der Waals surface area contributed by atoms with Gasteiger partial charge in [0, 0.05) is 45.3 Å². The normalized spacial score (nSPS) is 33.4. The Morgan fingerprint density at radius 3 is 2.80 bits per heavy atom. The van der Waals surface area contributed by atoms with Crippen molar-refractivity contribution in [2.45, 2.75) is 12.1 Å². The molecule has 2 heterocycles. The monoisotopic (exact) mass is 215 g/mol. The van der Waals surface area contributed by atoms with E-state index in [-0.39, 0.29) is 12.1 Å². The van der Waals surface area contributed by atoms with Gasteiger partial charge in [-0.3, -0.25) is 4.90 Å². The van der Waals surface area contributed by atoms with Gasteiger partial charge in [0.05, 0.1) is 19.3 Å². The van der Waals surface area contributed by atoms with E-state index < -0.39 is 0 Å². The predicted molar refractivity (Wildman–Crippen MR) is 57.9 cm³/mol. The molecular weight excluding hydrogens is 194 g/mol. The van der Waals surface area contributed by atoms with E-state index >= 15 is 0 Å². The molecule has 0 aromatic rings. The number of rotatable bonds is 4. The van der Waals surface area contributed by atoms with Crippen molar-refractivity contribution < 1.29 is 9.84 Å². The Labute approximate surface area is 90.8 Å². The standard InChI is InChI=1S/C10H21N3O2/c14-10-8-11-7-9(10)12-1-2-13-3-5-15-6-4-13/h9-12,14H,1-8H2/t9-,10-/m1/s1. The van der Waals surface area contributed by atoms with Crippen molar-refractivity contribution in [3.63, 3.8) is 0 Å². The van der Waals surface area contributed by atoms with Gasteiger partial charge < -0.3 is 20.5 Å². The van der Waals surface area contributed by atoms with Crippen LogP contribution in [-0.2, 0) is 4.74 Å². The van der Waals surface area contributed by atoms with Gasteiger partial charge in [0.15, 0.2) is 0 Å². The lowest BCUT2D eigenvalue weighted by Gasteiger charge is -2.27. The van der Waals surface area contributed by atoms with Crippen LogP contribution >= 0.6 is 0 Å². The summed E-state index contributed by atoms with van der Waals surface area (Å²) in [7, 11) is 0. The number of nitrogens with zero attached hydrogens (tertiary/aromatic N) is 1. The molecule has 2 atom stereocenters. The van der Waals surface area contributed by atoms with Crippen molar-refractivity contribution in [1.29, 1.82) is 0 Å². The summed E-state index contributed by atoms with van der Waals surface area (Å²) in [5.41, 5.74) is 0. The highest BCUT2D eigenvalue weighted by molar-refractivity contribution is 4.86. The van der Waals surface area contributed by atoms with Crippen molar-refractivity contribution in [2.24, 2.45) is 0 Å². The minimum absolute atomic E-state index is 0.227. The molecule has 0 aromatic heterocycles. The minimum Gasteiger partial charge on any atom is -0.390 e. The van der Waals surface area contributed by atoms with E-state index in [1.165, 1.54) is 0 Å². The predicted octanol–water partition coefficient (Wildman–Crippen LogP) is -1.76. The lowest BCUT2D eigenvalue weighted by molar-refractivity contribution is 0.0375. The zero-order valence-corrected chi connectivity index (χ0v) is 9.11. The zero-order chi connectivity index (χ0) is 10.5. The molecule has 2 aliphatic rings. The van der Waals surface area contributed by atoms with Gasteiger partial charge in [0.2, 0.25) is 0 Å². The molecule has 2 fully saturated rings. The molecule has 2 rings (SSSR count). The summed E-state index contributed by atoms with van der Waals surface area (Å²) in [6, 6.07) is 0.228. The van der Waals surface area contributed by atoms with E-state index in [4.69, 9.17) is 4.74 Å². The molecule has 88 valence electrons. The Morgan fingerprint density at radius 1 is 1.33 bits per heavy atom. The van der Waals surface area contributed by atoms with E-state index in [0.29, 0.717) is 0 Å². The summed E-state index contributed by atoms with van der Waals surface area (Å²) >= 11 is 0. The molecule has 5 heteroatoms. The van der Waals surface area contributed by atoms with E-state index in [1.807, 2.05) is 0 Å². The third-order valence-corrected chi connectivity index (χ3v) is 3.12. The van der Waals surface area contributed by atoms with Gasteiger partial charge >= 0.3 is 0 Å². The van der Waals surface area contributed by atoms with Gasteiger partial charge in [0.25, 0.3) is 0 Å². The number of nitrogens with one attached hydrogen (secondary N) is 2. The Hall–Kier alpha value is -0.200. The van der Waals surface area contributed by atoms with Crippen LogP contribution in [0.4, 0.5) is 0 Å². The fourth-order valence-electron chi connectivity index (χ4n) is 2.11. The summed E-state index contributed by atoms with van der Waals surface area (Å²) < 4.78 is 5.28. The average molecular weight is 215 g/mol. The highest BCUT2D eigenvalue weighted by Gasteiger charge is 2.23. The average Bonchev–Trinajstić information content (AvgIpc) is 2.66. The Kier molecular flexibility index (Phi) is 4.34. The summed E-state index contributed by atoms with van der Waals surface area (Å²) in [4.78, 5) is 2.39. The second kappa shape index (κ2) is 5.77. The van der Waals surface area contributed by atoms with Crippen LogP contribution in [0.25, 0.3) is 0 Å². The molecule has 0 spiro atoms. The Bertz CT molecular complexity index is 186. The molecule has 0 bridgehead atoms. The number of ether oxygens (including phenoxy) is 1. The lowest BCUT2D eigenvalue weighted by Crippen LogP contribution is -2.45. The molecule has 0 aromatic carbocycles. The largest absolute Gasteiger partial charge is 0.390 e. The van der Waals surface area contributed by atoms with E-state index in [0.717, 1.165) is 52.5 Å². The quantitative estimate of drug-likeness (QED) is 0.519. The minimum atomic E-state index is -0.227. The lowest BCUT2D eigenvalue weighted by atomic mass is 10.2. The highest BCUT2D eigenvalue weighted by atomic mass is 16.5. The van der Waals surface area contributed by atoms with Crippen LogP contribution in [0.15, 0.2) is 0 Å². The molecule has 2 saturated heterocycles. The van der Waals surface area contributed by atoms with Gasteiger partial charge in [0.1, 0.15) is 0 Å². The van der Waals surface area contributed by atoms with Crippen LogP contribution in [0.1, 0.15) is 0 Å². The first-order valence-electron chi connectivity index (χ1n) is 5.78. The van der Waals surface area contributed by atoms with Gasteiger partial charge in [-0.05, 0) is 0 Å². The molecule has 2 aliphatic heterocycles. The van der Waals surface area contributed by atoms with Crippen LogP contribution in [0.3, 0.4) is 0 Å². The molecule has 5 nitrogen and oxygen atoms in total. The molecule has 0 radical (unpaired) electrons. The summed E-state index contributed by atoms with van der Waals surface area (Å²) in [6.07, 6.45) is -0.227. The number of hydrogen-bond donors (Lipinski definition) is 3. The van der Waals surface area contributed by atoms with Crippen LogP contribution in [-0.4, -0.2) is 74.6 Å². The fourth-order valence-corrected chi connectivity index (χ4v) is 2.11. The maximum Gasteiger partial charge on any atom is 0.0829 e. The number of hydrogen-bond acceptors (Lipinski definition) is 5. The van der Waals surface area contributed by atoms with Gasteiger partial charge in [-0.25, -0.2) is 0 Å². The Balaban J connectivity index is 1.57. The molecular formula is C10H21N3O2. The van der Waals surface area contributed by atoms with Crippen molar-refractivity contribution in [1.82, 2.24) is 15.5 Å². The maximum absolute atomic E-state index is 9.57.